The van der Waals surface area contributed by atoms with Gasteiger partial charge in [0.05, 0.1) is 12.7 Å². The van der Waals surface area contributed by atoms with Crippen molar-refractivity contribution < 1.29 is 13.6 Å². The van der Waals surface area contributed by atoms with E-state index in [9.17, 15) is 9.18 Å². The summed E-state index contributed by atoms with van der Waals surface area (Å²) in [7, 11) is 0. The number of oxazole rings is 1. The van der Waals surface area contributed by atoms with E-state index >= 15 is 0 Å². The molecular formula is C18H22FN5O2. The van der Waals surface area contributed by atoms with Crippen molar-refractivity contribution in [3.63, 3.8) is 0 Å². The Bertz CT molecular complexity index is 768. The van der Waals surface area contributed by atoms with Crippen LogP contribution in [0.15, 0.2) is 29.1 Å². The highest BCUT2D eigenvalue weighted by Gasteiger charge is 2.25. The van der Waals surface area contributed by atoms with E-state index in [1.54, 1.807) is 17.2 Å². The molecule has 0 unspecified atom stereocenters. The van der Waals surface area contributed by atoms with Gasteiger partial charge in [-0.15, -0.1) is 0 Å². The lowest BCUT2D eigenvalue weighted by Gasteiger charge is -2.34. The summed E-state index contributed by atoms with van der Waals surface area (Å²) < 4.78 is 19.1. The first-order chi connectivity index (χ1) is 12.7. The number of hydrogen-bond acceptors (Lipinski definition) is 6. The summed E-state index contributed by atoms with van der Waals surface area (Å²) in [5.41, 5.74) is 0.982. The zero-order valence-electron chi connectivity index (χ0n) is 14.5. The second kappa shape index (κ2) is 7.51. The zero-order chi connectivity index (χ0) is 17.9. The predicted molar refractivity (Wildman–Crippen MR) is 91.7 cm³/mol. The number of rotatable bonds is 6. The summed E-state index contributed by atoms with van der Waals surface area (Å²) in [5, 5.41) is 3.32. The maximum absolute atomic E-state index is 13.7. The van der Waals surface area contributed by atoms with Crippen LogP contribution in [0, 0.1) is 5.82 Å². The number of carbonyl (C=O) groups excluding carboxylic acids is 1. The predicted octanol–water partition coefficient (Wildman–Crippen LogP) is 1.42. The largest absolute Gasteiger partial charge is 0.447 e. The van der Waals surface area contributed by atoms with Gasteiger partial charge in [-0.3, -0.25) is 14.7 Å². The monoisotopic (exact) mass is 359 g/mol. The molecule has 3 heterocycles. The van der Waals surface area contributed by atoms with Gasteiger partial charge in [-0.05, 0) is 18.9 Å². The standard InChI is InChI=1S/C18H22FN5O2/c19-15-9-20-4-3-13(15)11-23-5-7-24(8-6-23)18(25)16-12-26-17(22-16)10-21-14-1-2-14/h3-4,9,12,14,21H,1-2,5-8,10-11H2. The number of aromatic nitrogens is 2. The number of nitrogens with zero attached hydrogens (tertiary/aromatic N) is 4. The molecule has 0 aromatic carbocycles. The number of amides is 1. The first-order valence-corrected chi connectivity index (χ1v) is 8.97. The van der Waals surface area contributed by atoms with E-state index in [0.29, 0.717) is 62.5 Å². The lowest BCUT2D eigenvalue weighted by molar-refractivity contribution is 0.0621. The van der Waals surface area contributed by atoms with Gasteiger partial charge < -0.3 is 14.6 Å². The van der Waals surface area contributed by atoms with Crippen LogP contribution in [0.1, 0.15) is 34.8 Å². The zero-order valence-corrected chi connectivity index (χ0v) is 14.5. The first kappa shape index (κ1) is 17.1. The van der Waals surface area contributed by atoms with Gasteiger partial charge in [0.25, 0.3) is 5.91 Å². The molecule has 1 saturated heterocycles. The lowest BCUT2D eigenvalue weighted by atomic mass is 10.2. The third-order valence-corrected chi connectivity index (χ3v) is 4.80. The molecule has 2 aromatic rings. The highest BCUT2D eigenvalue weighted by Crippen LogP contribution is 2.19. The fourth-order valence-electron chi connectivity index (χ4n) is 3.05. The number of hydrogen-bond donors (Lipinski definition) is 1. The molecule has 138 valence electrons. The van der Waals surface area contributed by atoms with Crippen molar-refractivity contribution in [3.8, 4) is 0 Å². The molecule has 2 aliphatic rings. The van der Waals surface area contributed by atoms with Crippen LogP contribution in [0.5, 0.6) is 0 Å². The summed E-state index contributed by atoms with van der Waals surface area (Å²) in [6, 6.07) is 2.26. The van der Waals surface area contributed by atoms with Gasteiger partial charge in [-0.2, -0.15) is 0 Å². The van der Waals surface area contributed by atoms with Crippen LogP contribution in [-0.4, -0.2) is 57.9 Å². The minimum absolute atomic E-state index is 0.110. The van der Waals surface area contributed by atoms with Gasteiger partial charge >= 0.3 is 0 Å². The molecule has 0 bridgehead atoms. The van der Waals surface area contributed by atoms with E-state index < -0.39 is 0 Å². The van der Waals surface area contributed by atoms with Crippen molar-refractivity contribution >= 4 is 5.91 Å². The third-order valence-electron chi connectivity index (χ3n) is 4.80. The van der Waals surface area contributed by atoms with Crippen LogP contribution in [0.25, 0.3) is 0 Å². The van der Waals surface area contributed by atoms with Crippen LogP contribution in [0.2, 0.25) is 0 Å². The van der Waals surface area contributed by atoms with Crippen molar-refractivity contribution in [2.24, 2.45) is 0 Å². The number of carbonyl (C=O) groups is 1. The van der Waals surface area contributed by atoms with E-state index in [2.05, 4.69) is 20.2 Å². The molecule has 4 rings (SSSR count). The Morgan fingerprint density at radius 2 is 2.12 bits per heavy atom. The topological polar surface area (TPSA) is 74.5 Å². The smallest absolute Gasteiger partial charge is 0.275 e. The van der Waals surface area contributed by atoms with Crippen LogP contribution in [0.4, 0.5) is 4.39 Å². The molecule has 2 aromatic heterocycles. The van der Waals surface area contributed by atoms with Gasteiger partial charge in [0.1, 0.15) is 12.1 Å². The van der Waals surface area contributed by atoms with E-state index in [-0.39, 0.29) is 11.7 Å². The van der Waals surface area contributed by atoms with Crippen LogP contribution in [0.3, 0.4) is 0 Å². The quantitative estimate of drug-likeness (QED) is 0.841. The average Bonchev–Trinajstić information content (AvgIpc) is 3.38. The second-order valence-electron chi connectivity index (χ2n) is 6.82. The molecule has 1 N–H and O–H groups in total. The second-order valence-corrected chi connectivity index (χ2v) is 6.82. The third kappa shape index (κ3) is 4.08. The number of nitrogens with one attached hydrogen (secondary N) is 1. The Hall–Kier alpha value is -2.32. The highest BCUT2D eigenvalue weighted by atomic mass is 19.1. The highest BCUT2D eigenvalue weighted by molar-refractivity contribution is 5.92. The molecule has 1 aliphatic heterocycles. The first-order valence-electron chi connectivity index (χ1n) is 8.97. The summed E-state index contributed by atoms with van der Waals surface area (Å²) >= 11 is 0. The minimum Gasteiger partial charge on any atom is -0.447 e. The van der Waals surface area contributed by atoms with Crippen molar-refractivity contribution in [1.29, 1.82) is 0 Å². The fourth-order valence-corrected chi connectivity index (χ4v) is 3.05. The number of piperazine rings is 1. The van der Waals surface area contributed by atoms with Gasteiger partial charge in [0, 0.05) is 50.5 Å². The molecular weight excluding hydrogens is 337 g/mol. The molecule has 2 fully saturated rings. The molecule has 1 aliphatic carbocycles. The minimum atomic E-state index is -0.291. The summed E-state index contributed by atoms with van der Waals surface area (Å²) in [6.07, 6.45) is 6.65. The summed E-state index contributed by atoms with van der Waals surface area (Å²) in [4.78, 5) is 24.5. The SMILES string of the molecule is O=C(c1coc(CNC2CC2)n1)N1CCN(Cc2ccncc2F)CC1. The maximum Gasteiger partial charge on any atom is 0.275 e. The summed E-state index contributed by atoms with van der Waals surface area (Å²) in [6.45, 7) is 3.66. The molecule has 0 radical (unpaired) electrons. The van der Waals surface area contributed by atoms with Crippen molar-refractivity contribution in [2.45, 2.75) is 32.0 Å². The Morgan fingerprint density at radius 3 is 2.85 bits per heavy atom. The van der Waals surface area contributed by atoms with E-state index in [1.165, 1.54) is 25.3 Å². The van der Waals surface area contributed by atoms with Gasteiger partial charge in [0.15, 0.2) is 5.69 Å². The summed E-state index contributed by atoms with van der Waals surface area (Å²) in [5.74, 6) is 0.147. The maximum atomic E-state index is 13.7. The molecule has 1 amide bonds. The normalized spacial score (nSPS) is 18.3. The van der Waals surface area contributed by atoms with Gasteiger partial charge in [-0.25, -0.2) is 9.37 Å². The lowest BCUT2D eigenvalue weighted by Crippen LogP contribution is -2.48. The van der Waals surface area contributed by atoms with E-state index in [0.717, 1.165) is 0 Å². The Balaban J connectivity index is 1.28. The molecule has 26 heavy (non-hydrogen) atoms. The number of pyridine rings is 1. The molecule has 0 atom stereocenters. The van der Waals surface area contributed by atoms with Gasteiger partial charge in [-0.1, -0.05) is 0 Å². The van der Waals surface area contributed by atoms with Crippen molar-refractivity contribution in [3.05, 3.63) is 47.7 Å². The molecule has 0 spiro atoms. The Kier molecular flexibility index (Phi) is 4.94. The molecule has 8 heteroatoms. The van der Waals surface area contributed by atoms with E-state index in [4.69, 9.17) is 4.42 Å². The average molecular weight is 359 g/mol. The van der Waals surface area contributed by atoms with Crippen LogP contribution in [-0.2, 0) is 13.1 Å². The Labute approximate surface area is 151 Å². The number of halogens is 1. The van der Waals surface area contributed by atoms with Crippen molar-refractivity contribution in [1.82, 2.24) is 25.1 Å². The van der Waals surface area contributed by atoms with E-state index in [1.807, 2.05) is 0 Å². The van der Waals surface area contributed by atoms with Crippen LogP contribution >= 0.6 is 0 Å². The van der Waals surface area contributed by atoms with Crippen molar-refractivity contribution in [2.75, 3.05) is 26.2 Å². The fraction of sp³-hybridized carbons (Fsp3) is 0.500. The molecule has 7 nitrogen and oxygen atoms in total. The van der Waals surface area contributed by atoms with Gasteiger partial charge in [0.2, 0.25) is 5.89 Å². The Morgan fingerprint density at radius 1 is 1.31 bits per heavy atom. The van der Waals surface area contributed by atoms with Crippen LogP contribution < -0.4 is 5.32 Å². The molecule has 1 saturated carbocycles.